The van der Waals surface area contributed by atoms with Crippen LogP contribution in [0.25, 0.3) is 0 Å². The Morgan fingerprint density at radius 1 is 1.50 bits per heavy atom. The SMILES string of the molecule is CCCCCCNC(=O)CCn1cc(Br)c([N+](=O)[O-])n1. The highest BCUT2D eigenvalue weighted by Crippen LogP contribution is 2.21. The summed E-state index contributed by atoms with van der Waals surface area (Å²) in [5.74, 6) is -0.291. The Balaban J connectivity index is 2.27. The van der Waals surface area contributed by atoms with Crippen molar-refractivity contribution in [2.45, 2.75) is 45.6 Å². The van der Waals surface area contributed by atoms with Gasteiger partial charge in [-0.15, -0.1) is 0 Å². The van der Waals surface area contributed by atoms with Crippen molar-refractivity contribution in [3.8, 4) is 0 Å². The van der Waals surface area contributed by atoms with Gasteiger partial charge in [-0.25, -0.2) is 0 Å². The number of hydrogen-bond acceptors (Lipinski definition) is 4. The van der Waals surface area contributed by atoms with E-state index >= 15 is 0 Å². The lowest BCUT2D eigenvalue weighted by atomic mass is 10.2. The van der Waals surface area contributed by atoms with Crippen molar-refractivity contribution in [2.24, 2.45) is 0 Å². The molecule has 1 heterocycles. The Kier molecular flexibility index (Phi) is 7.21. The molecule has 0 aromatic carbocycles. The fraction of sp³-hybridized carbons (Fsp3) is 0.667. The Bertz CT molecular complexity index is 462. The van der Waals surface area contributed by atoms with Crippen LogP contribution in [0.4, 0.5) is 5.82 Å². The summed E-state index contributed by atoms with van der Waals surface area (Å²) < 4.78 is 1.72. The number of nitro groups is 1. The van der Waals surface area contributed by atoms with Gasteiger partial charge in [-0.2, -0.15) is 4.68 Å². The average molecular weight is 347 g/mol. The van der Waals surface area contributed by atoms with E-state index in [2.05, 4.69) is 33.3 Å². The molecule has 0 spiro atoms. The third-order valence-corrected chi connectivity index (χ3v) is 3.35. The molecule has 0 unspecified atom stereocenters. The fourth-order valence-corrected chi connectivity index (χ4v) is 2.17. The Morgan fingerprint density at radius 3 is 2.85 bits per heavy atom. The minimum Gasteiger partial charge on any atom is -0.358 e. The van der Waals surface area contributed by atoms with Crippen molar-refractivity contribution in [3.63, 3.8) is 0 Å². The van der Waals surface area contributed by atoms with Crippen LogP contribution in [0.3, 0.4) is 0 Å². The number of nitrogens with zero attached hydrogens (tertiary/aromatic N) is 3. The first-order valence-electron chi connectivity index (χ1n) is 6.68. The zero-order valence-electron chi connectivity index (χ0n) is 11.5. The van der Waals surface area contributed by atoms with E-state index in [-0.39, 0.29) is 18.1 Å². The monoisotopic (exact) mass is 346 g/mol. The number of hydrogen-bond donors (Lipinski definition) is 1. The predicted octanol–water partition coefficient (Wildman–Crippen LogP) is 2.64. The van der Waals surface area contributed by atoms with Gasteiger partial charge in [-0.3, -0.25) is 4.79 Å². The van der Waals surface area contributed by atoms with Crippen molar-refractivity contribution >= 4 is 27.7 Å². The average Bonchev–Trinajstić information content (AvgIpc) is 2.77. The van der Waals surface area contributed by atoms with Crippen LogP contribution in [0.1, 0.15) is 39.0 Å². The molecule has 0 fully saturated rings. The van der Waals surface area contributed by atoms with E-state index < -0.39 is 4.92 Å². The van der Waals surface area contributed by atoms with E-state index in [4.69, 9.17) is 0 Å². The maximum atomic E-state index is 11.6. The lowest BCUT2D eigenvalue weighted by Gasteiger charge is -2.03. The van der Waals surface area contributed by atoms with Crippen LogP contribution >= 0.6 is 15.9 Å². The van der Waals surface area contributed by atoms with Gasteiger partial charge in [0.2, 0.25) is 5.91 Å². The highest BCUT2D eigenvalue weighted by Gasteiger charge is 2.18. The van der Waals surface area contributed by atoms with E-state index in [1.807, 2.05) is 0 Å². The number of carbonyl (C=O) groups excluding carboxylic acids is 1. The van der Waals surface area contributed by atoms with Crippen LogP contribution in [0.5, 0.6) is 0 Å². The van der Waals surface area contributed by atoms with Gasteiger partial charge >= 0.3 is 5.82 Å². The number of amides is 1. The number of aromatic nitrogens is 2. The molecule has 0 aliphatic heterocycles. The zero-order valence-corrected chi connectivity index (χ0v) is 13.1. The van der Waals surface area contributed by atoms with Gasteiger partial charge in [-0.05, 0) is 27.3 Å². The van der Waals surface area contributed by atoms with Crippen molar-refractivity contribution in [2.75, 3.05) is 6.54 Å². The van der Waals surface area contributed by atoms with Crippen LogP contribution in [-0.4, -0.2) is 27.2 Å². The summed E-state index contributed by atoms with van der Waals surface area (Å²) in [6, 6.07) is 0. The van der Waals surface area contributed by atoms with Crippen LogP contribution in [0.15, 0.2) is 10.7 Å². The summed E-state index contributed by atoms with van der Waals surface area (Å²) in [5.41, 5.74) is 0. The Morgan fingerprint density at radius 2 is 2.25 bits per heavy atom. The standard InChI is InChI=1S/C12H19BrN4O3/c1-2-3-4-5-7-14-11(18)6-8-16-9-10(13)12(15-16)17(19)20/h9H,2-8H2,1H3,(H,14,18). The molecule has 1 amide bonds. The molecule has 0 aliphatic rings. The van der Waals surface area contributed by atoms with Gasteiger partial charge in [0.1, 0.15) is 4.47 Å². The summed E-state index contributed by atoms with van der Waals surface area (Å²) >= 11 is 3.07. The second-order valence-electron chi connectivity index (χ2n) is 4.48. The van der Waals surface area contributed by atoms with E-state index in [1.54, 1.807) is 0 Å². The second kappa shape index (κ2) is 8.68. The summed E-state index contributed by atoms with van der Waals surface area (Å²) in [4.78, 5) is 21.6. The third kappa shape index (κ3) is 5.68. The van der Waals surface area contributed by atoms with E-state index in [1.165, 1.54) is 23.7 Å². The first-order chi connectivity index (χ1) is 9.54. The van der Waals surface area contributed by atoms with Gasteiger partial charge in [0.05, 0.1) is 17.8 Å². The Hall–Kier alpha value is -1.44. The van der Waals surface area contributed by atoms with Gasteiger partial charge in [-0.1, -0.05) is 26.2 Å². The lowest BCUT2D eigenvalue weighted by Crippen LogP contribution is -2.25. The molecule has 7 nitrogen and oxygen atoms in total. The van der Waals surface area contributed by atoms with E-state index in [9.17, 15) is 14.9 Å². The number of halogens is 1. The molecule has 20 heavy (non-hydrogen) atoms. The van der Waals surface area contributed by atoms with Crippen LogP contribution in [-0.2, 0) is 11.3 Å². The van der Waals surface area contributed by atoms with E-state index in [0.29, 0.717) is 17.6 Å². The maximum absolute atomic E-state index is 11.6. The normalized spacial score (nSPS) is 10.5. The molecule has 8 heteroatoms. The minimum absolute atomic E-state index is 0.0595. The highest BCUT2D eigenvalue weighted by atomic mass is 79.9. The molecular weight excluding hydrogens is 328 g/mol. The molecule has 0 radical (unpaired) electrons. The lowest BCUT2D eigenvalue weighted by molar-refractivity contribution is -0.390. The molecule has 0 bridgehead atoms. The van der Waals surface area contributed by atoms with Gasteiger partial charge in [0, 0.05) is 13.0 Å². The van der Waals surface area contributed by atoms with E-state index in [0.717, 1.165) is 12.8 Å². The van der Waals surface area contributed by atoms with Crippen molar-refractivity contribution in [1.82, 2.24) is 15.1 Å². The fourth-order valence-electron chi connectivity index (χ4n) is 1.71. The predicted molar refractivity (Wildman–Crippen MR) is 78.4 cm³/mol. The van der Waals surface area contributed by atoms with Crippen molar-refractivity contribution < 1.29 is 9.72 Å². The van der Waals surface area contributed by atoms with Crippen LogP contribution < -0.4 is 5.32 Å². The molecule has 1 rings (SSSR count). The summed E-state index contributed by atoms with van der Waals surface area (Å²) in [7, 11) is 0. The van der Waals surface area contributed by atoms with Gasteiger partial charge in [0.25, 0.3) is 0 Å². The second-order valence-corrected chi connectivity index (χ2v) is 5.34. The Labute approximate surface area is 126 Å². The maximum Gasteiger partial charge on any atom is 0.404 e. The summed E-state index contributed by atoms with van der Waals surface area (Å²) in [6.45, 7) is 3.15. The van der Waals surface area contributed by atoms with Crippen molar-refractivity contribution in [3.05, 3.63) is 20.8 Å². The quantitative estimate of drug-likeness (QED) is 0.422. The molecule has 0 atom stereocenters. The summed E-state index contributed by atoms with van der Waals surface area (Å²) in [6.07, 6.45) is 6.22. The molecule has 0 aliphatic carbocycles. The topological polar surface area (TPSA) is 90.1 Å². The minimum atomic E-state index is -0.561. The first-order valence-corrected chi connectivity index (χ1v) is 7.48. The molecule has 1 N–H and O–H groups in total. The first kappa shape index (κ1) is 16.6. The molecule has 112 valence electrons. The highest BCUT2D eigenvalue weighted by molar-refractivity contribution is 9.10. The van der Waals surface area contributed by atoms with Crippen LogP contribution in [0.2, 0.25) is 0 Å². The molecule has 1 aromatic rings. The zero-order chi connectivity index (χ0) is 15.0. The number of carbonyl (C=O) groups is 1. The van der Waals surface area contributed by atoms with Gasteiger partial charge < -0.3 is 15.4 Å². The largest absolute Gasteiger partial charge is 0.404 e. The number of aryl methyl sites for hydroxylation is 1. The van der Waals surface area contributed by atoms with Crippen molar-refractivity contribution in [1.29, 1.82) is 0 Å². The summed E-state index contributed by atoms with van der Waals surface area (Å²) in [5, 5.41) is 17.2. The molecular formula is C12H19BrN4O3. The van der Waals surface area contributed by atoms with Crippen LogP contribution in [0, 0.1) is 10.1 Å². The third-order valence-electron chi connectivity index (χ3n) is 2.79. The number of unbranched alkanes of at least 4 members (excludes halogenated alkanes) is 3. The molecule has 0 saturated carbocycles. The smallest absolute Gasteiger partial charge is 0.358 e. The molecule has 0 saturated heterocycles. The van der Waals surface area contributed by atoms with Gasteiger partial charge in [0.15, 0.2) is 0 Å². The number of nitrogens with one attached hydrogen (secondary N) is 1. The molecule has 1 aromatic heterocycles. The number of rotatable bonds is 9.